The summed E-state index contributed by atoms with van der Waals surface area (Å²) in [4.78, 5) is 14.7. The van der Waals surface area contributed by atoms with Crippen molar-refractivity contribution in [3.63, 3.8) is 0 Å². The molecule has 2 aliphatic rings. The van der Waals surface area contributed by atoms with E-state index in [0.29, 0.717) is 31.1 Å². The van der Waals surface area contributed by atoms with Gasteiger partial charge in [-0.05, 0) is 44.4 Å². The number of hydrogen-bond acceptors (Lipinski definition) is 3. The van der Waals surface area contributed by atoms with Gasteiger partial charge in [-0.2, -0.15) is 0 Å². The second-order valence-corrected chi connectivity index (χ2v) is 6.28. The van der Waals surface area contributed by atoms with Crippen LogP contribution in [0.25, 0.3) is 0 Å². The third-order valence-electron chi connectivity index (χ3n) is 4.77. The number of nitrogens with zero attached hydrogens (tertiary/aromatic N) is 1. The van der Waals surface area contributed by atoms with E-state index in [4.69, 9.17) is 4.74 Å². The van der Waals surface area contributed by atoms with Crippen LogP contribution in [0.5, 0.6) is 0 Å². The van der Waals surface area contributed by atoms with E-state index in [1.807, 2.05) is 0 Å². The molecule has 0 saturated heterocycles. The van der Waals surface area contributed by atoms with Crippen molar-refractivity contribution in [2.75, 3.05) is 26.8 Å². The molecule has 0 atom stereocenters. The van der Waals surface area contributed by atoms with Crippen LogP contribution in [0.2, 0.25) is 0 Å². The molecule has 1 amide bonds. The Bertz CT molecular complexity index is 303. The van der Waals surface area contributed by atoms with Gasteiger partial charge in [0.2, 0.25) is 5.91 Å². The average Bonchev–Trinajstić information content (AvgIpc) is 3.29. The average molecular weight is 319 g/mol. The molecule has 2 rings (SSSR count). The topological polar surface area (TPSA) is 41.6 Å². The summed E-state index contributed by atoms with van der Waals surface area (Å²) >= 11 is 0. The molecule has 0 aromatic rings. The van der Waals surface area contributed by atoms with Crippen LogP contribution in [-0.4, -0.2) is 49.7 Å². The normalized spacial score (nSPS) is 25.2. The molecule has 4 nitrogen and oxygen atoms in total. The summed E-state index contributed by atoms with van der Waals surface area (Å²) in [5.74, 6) is 1.19. The molecule has 1 N–H and O–H groups in total. The number of nitrogens with one attached hydrogen (secondary N) is 1. The summed E-state index contributed by atoms with van der Waals surface area (Å²) in [5.41, 5.74) is 0. The molecule has 0 unspecified atom stereocenters. The quantitative estimate of drug-likeness (QED) is 0.699. The number of amides is 1. The standard InChI is InChI=1S/C16H30N2O2.ClH/c1-3-13-4-6-14(7-5-13)18(15-8-9-15)16(19)12-17-10-11-20-2;/h13-15,17H,3-12H2,1-2H3;1H. The number of ether oxygens (including phenoxy) is 1. The SMILES string of the molecule is CCC1CCC(N(C(=O)CNCCOC)C2CC2)CC1.Cl. The van der Waals surface area contributed by atoms with E-state index in [0.717, 1.165) is 12.5 Å². The van der Waals surface area contributed by atoms with Gasteiger partial charge in [-0.25, -0.2) is 0 Å². The zero-order valence-electron chi connectivity index (χ0n) is 13.5. The van der Waals surface area contributed by atoms with Gasteiger partial charge in [0.05, 0.1) is 13.2 Å². The number of halogens is 1. The second kappa shape index (κ2) is 9.65. The smallest absolute Gasteiger partial charge is 0.237 e. The highest BCUT2D eigenvalue weighted by Crippen LogP contribution is 2.36. The molecule has 0 aliphatic heterocycles. The van der Waals surface area contributed by atoms with E-state index in [-0.39, 0.29) is 12.4 Å². The molecule has 0 heterocycles. The highest BCUT2D eigenvalue weighted by Gasteiger charge is 2.38. The van der Waals surface area contributed by atoms with Gasteiger partial charge in [-0.15, -0.1) is 12.4 Å². The lowest BCUT2D eigenvalue weighted by atomic mass is 9.84. The molecule has 0 radical (unpaired) electrons. The van der Waals surface area contributed by atoms with Crippen LogP contribution in [0, 0.1) is 5.92 Å². The molecule has 124 valence electrons. The number of methoxy groups -OCH3 is 1. The van der Waals surface area contributed by atoms with Crippen molar-refractivity contribution in [1.29, 1.82) is 0 Å². The third-order valence-corrected chi connectivity index (χ3v) is 4.77. The second-order valence-electron chi connectivity index (χ2n) is 6.28. The largest absolute Gasteiger partial charge is 0.383 e. The molecular weight excluding hydrogens is 288 g/mol. The van der Waals surface area contributed by atoms with E-state index >= 15 is 0 Å². The van der Waals surface area contributed by atoms with Gasteiger partial charge in [0.1, 0.15) is 0 Å². The Morgan fingerprint density at radius 2 is 1.71 bits per heavy atom. The fourth-order valence-electron chi connectivity index (χ4n) is 3.35. The molecule has 0 aromatic carbocycles. The van der Waals surface area contributed by atoms with Crippen LogP contribution in [0.15, 0.2) is 0 Å². The van der Waals surface area contributed by atoms with Gasteiger partial charge in [0.25, 0.3) is 0 Å². The Hall–Kier alpha value is -0.320. The molecule has 21 heavy (non-hydrogen) atoms. The van der Waals surface area contributed by atoms with Gasteiger partial charge < -0.3 is 15.0 Å². The first kappa shape index (κ1) is 18.7. The monoisotopic (exact) mass is 318 g/mol. The first-order valence-electron chi connectivity index (χ1n) is 8.27. The van der Waals surface area contributed by atoms with Gasteiger partial charge in [-0.3, -0.25) is 4.79 Å². The maximum absolute atomic E-state index is 12.5. The maximum atomic E-state index is 12.5. The third kappa shape index (κ3) is 5.76. The van der Waals surface area contributed by atoms with E-state index in [1.54, 1.807) is 7.11 Å². The zero-order valence-corrected chi connectivity index (χ0v) is 14.3. The fraction of sp³-hybridized carbons (Fsp3) is 0.938. The predicted octanol–water partition coefficient (Wildman–Crippen LogP) is 2.60. The van der Waals surface area contributed by atoms with Crippen molar-refractivity contribution in [2.24, 2.45) is 5.92 Å². The molecule has 5 heteroatoms. The van der Waals surface area contributed by atoms with Gasteiger partial charge in [0, 0.05) is 25.7 Å². The number of carbonyl (C=O) groups excluding carboxylic acids is 1. The van der Waals surface area contributed by atoms with Crippen molar-refractivity contribution < 1.29 is 9.53 Å². The lowest BCUT2D eigenvalue weighted by Gasteiger charge is -2.37. The minimum Gasteiger partial charge on any atom is -0.383 e. The molecule has 2 fully saturated rings. The van der Waals surface area contributed by atoms with Gasteiger partial charge >= 0.3 is 0 Å². The molecule has 2 saturated carbocycles. The maximum Gasteiger partial charge on any atom is 0.237 e. The highest BCUT2D eigenvalue weighted by molar-refractivity contribution is 5.85. The zero-order chi connectivity index (χ0) is 14.4. The first-order chi connectivity index (χ1) is 9.76. The number of hydrogen-bond donors (Lipinski definition) is 1. The Morgan fingerprint density at radius 1 is 1.14 bits per heavy atom. The lowest BCUT2D eigenvalue weighted by Crippen LogP contribution is -2.47. The summed E-state index contributed by atoms with van der Waals surface area (Å²) in [6.45, 7) is 4.17. The van der Waals surface area contributed by atoms with Gasteiger partial charge in [0.15, 0.2) is 0 Å². The number of rotatable bonds is 8. The Kier molecular flexibility index (Phi) is 8.60. The predicted molar refractivity (Wildman–Crippen MR) is 87.9 cm³/mol. The van der Waals surface area contributed by atoms with Crippen LogP contribution in [0.4, 0.5) is 0 Å². The summed E-state index contributed by atoms with van der Waals surface area (Å²) in [6, 6.07) is 1.04. The van der Waals surface area contributed by atoms with Crippen molar-refractivity contribution in [1.82, 2.24) is 10.2 Å². The number of carbonyl (C=O) groups is 1. The van der Waals surface area contributed by atoms with E-state index in [1.165, 1.54) is 44.9 Å². The molecular formula is C16H31ClN2O2. The van der Waals surface area contributed by atoms with Crippen LogP contribution in [0.3, 0.4) is 0 Å². The van der Waals surface area contributed by atoms with Crippen molar-refractivity contribution >= 4 is 18.3 Å². The van der Waals surface area contributed by atoms with Crippen LogP contribution in [-0.2, 0) is 9.53 Å². The van der Waals surface area contributed by atoms with Crippen LogP contribution >= 0.6 is 12.4 Å². The highest BCUT2D eigenvalue weighted by atomic mass is 35.5. The van der Waals surface area contributed by atoms with Crippen molar-refractivity contribution in [3.8, 4) is 0 Å². The summed E-state index contributed by atoms with van der Waals surface area (Å²) in [6.07, 6.45) is 8.72. The van der Waals surface area contributed by atoms with Crippen LogP contribution in [0.1, 0.15) is 51.9 Å². The Balaban J connectivity index is 0.00000220. The van der Waals surface area contributed by atoms with Gasteiger partial charge in [-0.1, -0.05) is 13.3 Å². The van der Waals surface area contributed by atoms with E-state index in [2.05, 4.69) is 17.1 Å². The fourth-order valence-corrected chi connectivity index (χ4v) is 3.35. The Labute approximate surface area is 135 Å². The summed E-state index contributed by atoms with van der Waals surface area (Å²) in [5, 5.41) is 3.19. The first-order valence-corrected chi connectivity index (χ1v) is 8.27. The van der Waals surface area contributed by atoms with Crippen molar-refractivity contribution in [2.45, 2.75) is 64.0 Å². The molecule has 0 aromatic heterocycles. The van der Waals surface area contributed by atoms with Crippen molar-refractivity contribution in [3.05, 3.63) is 0 Å². The summed E-state index contributed by atoms with van der Waals surface area (Å²) in [7, 11) is 1.69. The lowest BCUT2D eigenvalue weighted by molar-refractivity contribution is -0.134. The molecule has 0 bridgehead atoms. The Morgan fingerprint density at radius 3 is 2.19 bits per heavy atom. The molecule has 0 spiro atoms. The van der Waals surface area contributed by atoms with E-state index < -0.39 is 0 Å². The van der Waals surface area contributed by atoms with Crippen LogP contribution < -0.4 is 5.32 Å². The molecule has 2 aliphatic carbocycles. The van der Waals surface area contributed by atoms with E-state index in [9.17, 15) is 4.79 Å². The minimum atomic E-state index is 0. The minimum absolute atomic E-state index is 0. The summed E-state index contributed by atoms with van der Waals surface area (Å²) < 4.78 is 5.00.